The number of anilines is 5. The second-order valence-corrected chi connectivity index (χ2v) is 31.0. The zero-order chi connectivity index (χ0) is 70.9. The maximum Gasteiger partial charge on any atom is 0.0637 e. The van der Waals surface area contributed by atoms with Gasteiger partial charge in [-0.25, -0.2) is 0 Å². The van der Waals surface area contributed by atoms with Crippen molar-refractivity contribution in [3.8, 4) is 44.5 Å². The number of allylic oxidation sites excluding steroid dienone is 4. The van der Waals surface area contributed by atoms with Crippen LogP contribution in [0.5, 0.6) is 0 Å². The first kappa shape index (κ1) is 62.2. The highest BCUT2D eigenvalue weighted by atomic mass is 32.1. The topological polar surface area (TPSA) is 6.48 Å². The number of hydrogen-bond donors (Lipinski definition) is 0. The van der Waals surface area contributed by atoms with Gasteiger partial charge in [-0.3, -0.25) is 0 Å². The van der Waals surface area contributed by atoms with Crippen molar-refractivity contribution in [2.75, 3.05) is 9.80 Å². The lowest BCUT2D eigenvalue weighted by Crippen LogP contribution is -2.18. The first-order chi connectivity index (χ1) is 53.5. The molecule has 0 N–H and O–H groups in total. The van der Waals surface area contributed by atoms with E-state index in [1.54, 1.807) is 0 Å². The molecule has 2 heterocycles. The molecule has 2 nitrogen and oxygen atoms in total. The molecule has 108 heavy (non-hydrogen) atoms. The van der Waals surface area contributed by atoms with Crippen molar-refractivity contribution < 1.29 is 0 Å². The lowest BCUT2D eigenvalue weighted by Gasteiger charge is -2.31. The number of rotatable bonds is 11. The lowest BCUT2D eigenvalue weighted by molar-refractivity contribution is 0.924. The molecule has 504 valence electrons. The van der Waals surface area contributed by atoms with Gasteiger partial charge < -0.3 is 9.80 Å². The normalized spacial score (nSPS) is 12.7. The third-order valence-electron chi connectivity index (χ3n) is 22.8. The summed E-state index contributed by atoms with van der Waals surface area (Å²) in [7, 11) is 0. The molecule has 1 aliphatic rings. The van der Waals surface area contributed by atoms with E-state index in [0.717, 1.165) is 35.6 Å². The van der Waals surface area contributed by atoms with Gasteiger partial charge in [0, 0.05) is 64.1 Å². The van der Waals surface area contributed by atoms with Crippen LogP contribution in [0.25, 0.3) is 177 Å². The minimum Gasteiger partial charge on any atom is -0.313 e. The van der Waals surface area contributed by atoms with Crippen LogP contribution in [0.3, 0.4) is 0 Å². The Hall–Kier alpha value is -13.2. The summed E-state index contributed by atoms with van der Waals surface area (Å²) in [5.41, 5.74) is 18.9. The molecule has 0 spiro atoms. The zero-order valence-corrected chi connectivity index (χ0v) is 60.6. The minimum atomic E-state index is 0.895. The Morgan fingerprint density at radius 1 is 0.222 bits per heavy atom. The van der Waals surface area contributed by atoms with E-state index in [2.05, 4.69) is 386 Å². The Morgan fingerprint density at radius 2 is 0.620 bits per heavy atom. The average molecular weight is 1410 g/mol. The van der Waals surface area contributed by atoms with Crippen LogP contribution in [0.4, 0.5) is 28.4 Å². The lowest BCUT2D eigenvalue weighted by atomic mass is 9.89. The monoisotopic (exact) mass is 1410 g/mol. The van der Waals surface area contributed by atoms with E-state index in [1.807, 2.05) is 22.7 Å². The van der Waals surface area contributed by atoms with Gasteiger partial charge in [-0.15, -0.1) is 22.7 Å². The van der Waals surface area contributed by atoms with Gasteiger partial charge in [-0.1, -0.05) is 267 Å². The average Bonchev–Trinajstić information content (AvgIpc) is 1.31. The van der Waals surface area contributed by atoms with E-state index < -0.39 is 0 Å². The summed E-state index contributed by atoms with van der Waals surface area (Å²) in [5, 5.41) is 25.1. The molecule has 19 aromatic carbocycles. The molecule has 0 aliphatic heterocycles. The molecule has 0 saturated heterocycles. The second kappa shape index (κ2) is 25.3. The van der Waals surface area contributed by atoms with Crippen LogP contribution in [-0.4, -0.2) is 0 Å². The molecule has 0 saturated carbocycles. The molecule has 0 amide bonds. The van der Waals surface area contributed by atoms with Crippen LogP contribution < -0.4 is 9.80 Å². The van der Waals surface area contributed by atoms with Crippen LogP contribution in [0, 0.1) is 0 Å². The van der Waals surface area contributed by atoms with Gasteiger partial charge in [0.1, 0.15) is 0 Å². The van der Waals surface area contributed by atoms with Crippen LogP contribution >= 0.6 is 22.7 Å². The Labute approximate surface area is 633 Å². The molecule has 0 atom stereocenters. The number of thiophene rings is 2. The summed E-state index contributed by atoms with van der Waals surface area (Å²) in [6, 6.07) is 137. The predicted molar refractivity (Wildman–Crippen MR) is 469 cm³/mol. The van der Waals surface area contributed by atoms with E-state index in [9.17, 15) is 0 Å². The van der Waals surface area contributed by atoms with E-state index in [1.165, 1.54) is 194 Å². The molecule has 1 aliphatic carbocycles. The highest BCUT2D eigenvalue weighted by molar-refractivity contribution is 7.26. The van der Waals surface area contributed by atoms with Crippen molar-refractivity contribution in [1.82, 2.24) is 0 Å². The molecular formula is C104H66N2S2. The highest BCUT2D eigenvalue weighted by Crippen LogP contribution is 2.50. The summed E-state index contributed by atoms with van der Waals surface area (Å²) >= 11 is 3.77. The summed E-state index contributed by atoms with van der Waals surface area (Å²) < 4.78 is 5.08. The van der Waals surface area contributed by atoms with Crippen molar-refractivity contribution >= 4 is 183 Å². The number of hydrogen-bond acceptors (Lipinski definition) is 4. The fourth-order valence-corrected chi connectivity index (χ4v) is 20.1. The van der Waals surface area contributed by atoms with Gasteiger partial charge in [-0.05, 0) is 264 Å². The van der Waals surface area contributed by atoms with Crippen LogP contribution in [-0.2, 0) is 0 Å². The van der Waals surface area contributed by atoms with E-state index >= 15 is 0 Å². The molecule has 21 aromatic rings. The molecule has 22 rings (SSSR count). The molecule has 4 heteroatoms. The van der Waals surface area contributed by atoms with Crippen LogP contribution in [0.15, 0.2) is 382 Å². The summed E-state index contributed by atoms with van der Waals surface area (Å²) in [6.45, 7) is 0. The quantitative estimate of drug-likeness (QED) is 0.119. The fourth-order valence-electron chi connectivity index (χ4n) is 17.8. The highest BCUT2D eigenvalue weighted by Gasteiger charge is 2.25. The molecule has 0 unspecified atom stereocenters. The van der Waals surface area contributed by atoms with Gasteiger partial charge in [0.05, 0.1) is 10.4 Å². The van der Waals surface area contributed by atoms with Gasteiger partial charge >= 0.3 is 0 Å². The summed E-state index contributed by atoms with van der Waals surface area (Å²) in [5.74, 6) is 0. The van der Waals surface area contributed by atoms with Gasteiger partial charge in [0.2, 0.25) is 0 Å². The van der Waals surface area contributed by atoms with E-state index in [0.29, 0.717) is 0 Å². The number of fused-ring (bicyclic) bond motifs is 18. The standard InChI is InChI=1S/C104H66N2S2/c1-5-34-80-71(22-1)60-94(87-41-12-9-38-84(80)87)67-26-17-30-75(54-67)105(76-31-18-27-68(55-76)95-61-72-23-2-6-35-81(72)85-39-10-13-42-88(85)95)79-50-52-92-99-59-66(49-53-102(99)107-103(92)64-79)65-48-51-90-83-37-8-4-25-74(83)63-97(98(90)58-65)70-29-20-33-78(57-70)106(100-46-21-45-93-91-44-15-16-47-101(91)108-104(93)100)77-32-19-28-69(56-77)96-62-73-24-3-7-36-82(73)86-40-11-14-43-89(86)96/h1-18,20-31,33-64H,19,32H2. The van der Waals surface area contributed by atoms with Crippen LogP contribution in [0.2, 0.25) is 0 Å². The Bertz CT molecular complexity index is 7250. The van der Waals surface area contributed by atoms with Gasteiger partial charge in [0.25, 0.3) is 0 Å². The molecule has 2 aromatic heterocycles. The molecule has 0 radical (unpaired) electrons. The Kier molecular flexibility index (Phi) is 14.5. The van der Waals surface area contributed by atoms with Crippen molar-refractivity contribution in [2.24, 2.45) is 0 Å². The number of nitrogens with zero attached hydrogens (tertiary/aromatic N) is 2. The van der Waals surface area contributed by atoms with Gasteiger partial charge in [0.15, 0.2) is 0 Å². The van der Waals surface area contributed by atoms with E-state index in [-0.39, 0.29) is 0 Å². The minimum absolute atomic E-state index is 0.895. The van der Waals surface area contributed by atoms with Crippen molar-refractivity contribution in [3.05, 3.63) is 387 Å². The van der Waals surface area contributed by atoms with E-state index in [4.69, 9.17) is 0 Å². The SMILES string of the molecule is C1=C(c2cc3ccccc3c3ccccc23)C=C(N(c2cccc(-c3cc4ccccc4c4ccc(-c5ccc6sc7cc(N(c8cccc(-c9cc%10ccccc%10c%10ccccc9%10)c8)c8cccc(-c9cc%10ccccc%10c%10ccccc9%10)c8)ccc7c6c5)cc34)c2)c2cccc3c2sc2ccccc23)CC1. The number of benzene rings is 19. The zero-order valence-electron chi connectivity index (χ0n) is 58.9. The maximum atomic E-state index is 2.59. The summed E-state index contributed by atoms with van der Waals surface area (Å²) in [4.78, 5) is 5.06. The molecule has 0 fully saturated rings. The Morgan fingerprint density at radius 3 is 1.19 bits per heavy atom. The molecule has 0 bridgehead atoms. The third-order valence-corrected chi connectivity index (χ3v) is 25.1. The first-order valence-electron chi connectivity index (χ1n) is 37.4. The van der Waals surface area contributed by atoms with Crippen molar-refractivity contribution in [2.45, 2.75) is 12.8 Å². The van der Waals surface area contributed by atoms with Crippen molar-refractivity contribution in [3.63, 3.8) is 0 Å². The smallest absolute Gasteiger partial charge is 0.0637 e. The predicted octanol–water partition coefficient (Wildman–Crippen LogP) is 30.7. The summed E-state index contributed by atoms with van der Waals surface area (Å²) in [6.07, 6.45) is 6.76. The maximum absolute atomic E-state index is 2.59. The fraction of sp³-hybridized carbons (Fsp3) is 0.0192. The largest absolute Gasteiger partial charge is 0.313 e. The second-order valence-electron chi connectivity index (χ2n) is 28.9. The molecular weight excluding hydrogens is 1340 g/mol. The van der Waals surface area contributed by atoms with Crippen molar-refractivity contribution in [1.29, 1.82) is 0 Å². The van der Waals surface area contributed by atoms with Crippen LogP contribution in [0.1, 0.15) is 18.4 Å². The third kappa shape index (κ3) is 10.3. The first-order valence-corrected chi connectivity index (χ1v) is 39.0. The Balaban J connectivity index is 0.670. The van der Waals surface area contributed by atoms with Gasteiger partial charge in [-0.2, -0.15) is 0 Å².